The lowest BCUT2D eigenvalue weighted by molar-refractivity contribution is -0.116. The van der Waals surface area contributed by atoms with Gasteiger partial charge in [-0.05, 0) is 42.7 Å². The van der Waals surface area contributed by atoms with Gasteiger partial charge in [-0.25, -0.2) is 8.78 Å². The van der Waals surface area contributed by atoms with Crippen molar-refractivity contribution in [3.05, 3.63) is 65.0 Å². The highest BCUT2D eigenvalue weighted by Gasteiger charge is 2.16. The Hall–Kier alpha value is -3.60. The summed E-state index contributed by atoms with van der Waals surface area (Å²) >= 11 is 0. The molecule has 0 spiro atoms. The number of hydrogen-bond donors (Lipinski definition) is 2. The minimum atomic E-state index is -0.929. The molecule has 8 heteroatoms. The quantitative estimate of drug-likeness (QED) is 0.680. The normalized spacial score (nSPS) is 10.5. The van der Waals surface area contributed by atoms with Crippen molar-refractivity contribution in [2.75, 3.05) is 5.32 Å². The van der Waals surface area contributed by atoms with Crippen LogP contribution in [-0.2, 0) is 17.6 Å². The molecule has 2 aromatic heterocycles. The van der Waals surface area contributed by atoms with Gasteiger partial charge in [-0.3, -0.25) is 14.9 Å². The van der Waals surface area contributed by atoms with Crippen LogP contribution in [-0.4, -0.2) is 21.1 Å². The number of H-pyrrole nitrogens is 1. The van der Waals surface area contributed by atoms with Crippen LogP contribution in [0.1, 0.15) is 30.0 Å². The molecule has 0 saturated carbocycles. The number of aromatic amines is 1. The standard InChI is InChI=1S/C20H17F2N5O/c1-2-14-19(13-5-7-24-8-6-13)26-27-20(14)25-18(28)4-3-12-9-16(21)15(11-23)17(22)10-12/h5-10H,2-4H2,1H3,(H2,25,26,27,28). The number of pyridine rings is 1. The molecule has 0 aliphatic heterocycles. The van der Waals surface area contributed by atoms with Gasteiger partial charge >= 0.3 is 0 Å². The summed E-state index contributed by atoms with van der Waals surface area (Å²) in [5, 5.41) is 18.6. The summed E-state index contributed by atoms with van der Waals surface area (Å²) in [6.45, 7) is 1.95. The Morgan fingerprint density at radius 2 is 1.93 bits per heavy atom. The first kappa shape index (κ1) is 19.2. The molecule has 0 unspecified atom stereocenters. The summed E-state index contributed by atoms with van der Waals surface area (Å²) in [7, 11) is 0. The zero-order chi connectivity index (χ0) is 20.1. The lowest BCUT2D eigenvalue weighted by Gasteiger charge is -2.07. The fourth-order valence-corrected chi connectivity index (χ4v) is 2.90. The van der Waals surface area contributed by atoms with Crippen LogP contribution in [0.3, 0.4) is 0 Å². The molecule has 2 heterocycles. The molecule has 0 saturated heterocycles. The highest BCUT2D eigenvalue weighted by atomic mass is 19.1. The summed E-state index contributed by atoms with van der Waals surface area (Å²) in [4.78, 5) is 16.3. The predicted octanol–water partition coefficient (Wildman–Crippen LogP) is 3.76. The molecule has 0 aliphatic carbocycles. The lowest BCUT2D eigenvalue weighted by atomic mass is 10.1. The summed E-state index contributed by atoms with van der Waals surface area (Å²) in [6, 6.07) is 7.28. The van der Waals surface area contributed by atoms with E-state index in [-0.39, 0.29) is 18.7 Å². The van der Waals surface area contributed by atoms with Crippen LogP contribution in [0.5, 0.6) is 0 Å². The third-order valence-corrected chi connectivity index (χ3v) is 4.29. The Bertz CT molecular complexity index is 1020. The van der Waals surface area contributed by atoms with Crippen molar-refractivity contribution in [1.29, 1.82) is 5.26 Å². The minimum absolute atomic E-state index is 0.0253. The zero-order valence-electron chi connectivity index (χ0n) is 15.1. The van der Waals surface area contributed by atoms with Crippen molar-refractivity contribution < 1.29 is 13.6 Å². The molecular weight excluding hydrogens is 364 g/mol. The van der Waals surface area contributed by atoms with E-state index in [2.05, 4.69) is 20.5 Å². The molecule has 1 amide bonds. The van der Waals surface area contributed by atoms with Gasteiger partial charge in [0.1, 0.15) is 29.1 Å². The number of aryl methyl sites for hydroxylation is 1. The average Bonchev–Trinajstić information content (AvgIpc) is 3.09. The number of amides is 1. The Morgan fingerprint density at radius 1 is 1.25 bits per heavy atom. The van der Waals surface area contributed by atoms with Gasteiger partial charge in [-0.2, -0.15) is 10.4 Å². The molecule has 1 aromatic carbocycles. The summed E-state index contributed by atoms with van der Waals surface area (Å²) < 4.78 is 27.3. The second kappa shape index (κ2) is 8.39. The first-order valence-electron chi connectivity index (χ1n) is 8.69. The van der Waals surface area contributed by atoms with Crippen molar-refractivity contribution in [1.82, 2.24) is 15.2 Å². The third kappa shape index (κ3) is 4.04. The topological polar surface area (TPSA) is 94.5 Å². The number of carbonyl (C=O) groups is 1. The van der Waals surface area contributed by atoms with Gasteiger partial charge in [0.2, 0.25) is 5.91 Å². The van der Waals surface area contributed by atoms with Crippen molar-refractivity contribution in [2.45, 2.75) is 26.2 Å². The van der Waals surface area contributed by atoms with E-state index in [1.165, 1.54) is 6.07 Å². The summed E-state index contributed by atoms with van der Waals surface area (Å²) in [5.41, 5.74) is 2.16. The van der Waals surface area contributed by atoms with E-state index in [4.69, 9.17) is 5.26 Å². The summed E-state index contributed by atoms with van der Waals surface area (Å²) in [6.07, 6.45) is 4.14. The van der Waals surface area contributed by atoms with E-state index in [0.717, 1.165) is 29.0 Å². The molecule has 3 aromatic rings. The second-order valence-corrected chi connectivity index (χ2v) is 6.11. The van der Waals surface area contributed by atoms with Crippen LogP contribution in [0.2, 0.25) is 0 Å². The van der Waals surface area contributed by atoms with Gasteiger partial charge in [-0.15, -0.1) is 0 Å². The average molecular weight is 381 g/mol. The van der Waals surface area contributed by atoms with Gasteiger partial charge in [0.05, 0.1) is 5.69 Å². The predicted molar refractivity (Wildman–Crippen MR) is 99.2 cm³/mol. The number of anilines is 1. The number of aromatic nitrogens is 3. The largest absolute Gasteiger partial charge is 0.311 e. The number of nitriles is 1. The van der Waals surface area contributed by atoms with Crippen molar-refractivity contribution in [3.63, 3.8) is 0 Å². The molecule has 2 N–H and O–H groups in total. The number of nitrogens with zero attached hydrogens (tertiary/aromatic N) is 3. The Balaban J connectivity index is 1.69. The van der Waals surface area contributed by atoms with Gasteiger partial charge in [-0.1, -0.05) is 6.92 Å². The first-order chi connectivity index (χ1) is 13.5. The number of nitrogens with one attached hydrogen (secondary N) is 2. The molecule has 28 heavy (non-hydrogen) atoms. The lowest BCUT2D eigenvalue weighted by Crippen LogP contribution is -2.14. The van der Waals surface area contributed by atoms with Crippen LogP contribution in [0.4, 0.5) is 14.6 Å². The minimum Gasteiger partial charge on any atom is -0.311 e. The molecule has 6 nitrogen and oxygen atoms in total. The number of carbonyl (C=O) groups excluding carboxylic acids is 1. The van der Waals surface area contributed by atoms with E-state index in [9.17, 15) is 13.6 Å². The Kier molecular flexibility index (Phi) is 5.75. The van der Waals surface area contributed by atoms with Gasteiger partial charge in [0, 0.05) is 29.9 Å². The van der Waals surface area contributed by atoms with Crippen LogP contribution < -0.4 is 5.32 Å². The maximum atomic E-state index is 13.7. The fraction of sp³-hybridized carbons (Fsp3) is 0.200. The van der Waals surface area contributed by atoms with Crippen molar-refractivity contribution in [2.24, 2.45) is 0 Å². The third-order valence-electron chi connectivity index (χ3n) is 4.29. The number of halogens is 2. The van der Waals surface area contributed by atoms with Crippen LogP contribution in [0.15, 0.2) is 36.7 Å². The van der Waals surface area contributed by atoms with Crippen LogP contribution >= 0.6 is 0 Å². The molecule has 3 rings (SSSR count). The number of rotatable bonds is 6. The zero-order valence-corrected chi connectivity index (χ0v) is 15.1. The first-order valence-corrected chi connectivity index (χ1v) is 8.69. The highest BCUT2D eigenvalue weighted by Crippen LogP contribution is 2.27. The van der Waals surface area contributed by atoms with Gasteiger partial charge in [0.25, 0.3) is 0 Å². The molecule has 0 atom stereocenters. The second-order valence-electron chi connectivity index (χ2n) is 6.11. The van der Waals surface area contributed by atoms with Crippen LogP contribution in [0, 0.1) is 23.0 Å². The van der Waals surface area contributed by atoms with E-state index in [1.807, 2.05) is 19.1 Å². The molecular formula is C20H17F2N5O. The fourth-order valence-electron chi connectivity index (χ4n) is 2.90. The molecule has 0 radical (unpaired) electrons. The Labute approximate surface area is 160 Å². The van der Waals surface area contributed by atoms with Crippen LogP contribution in [0.25, 0.3) is 11.3 Å². The molecule has 142 valence electrons. The van der Waals surface area contributed by atoms with E-state index in [0.29, 0.717) is 17.8 Å². The molecule has 0 fully saturated rings. The monoisotopic (exact) mass is 381 g/mol. The smallest absolute Gasteiger partial charge is 0.225 e. The Morgan fingerprint density at radius 3 is 2.54 bits per heavy atom. The van der Waals surface area contributed by atoms with Crippen molar-refractivity contribution >= 4 is 11.7 Å². The van der Waals surface area contributed by atoms with Crippen molar-refractivity contribution in [3.8, 4) is 17.3 Å². The molecule has 0 bridgehead atoms. The van der Waals surface area contributed by atoms with E-state index in [1.54, 1.807) is 12.4 Å². The molecule has 0 aliphatic rings. The summed E-state index contributed by atoms with van der Waals surface area (Å²) in [5.74, 6) is -1.68. The van der Waals surface area contributed by atoms with Gasteiger partial charge < -0.3 is 5.32 Å². The van der Waals surface area contributed by atoms with E-state index >= 15 is 0 Å². The van der Waals surface area contributed by atoms with Gasteiger partial charge in [0.15, 0.2) is 0 Å². The maximum absolute atomic E-state index is 13.7. The number of hydrogen-bond acceptors (Lipinski definition) is 4. The maximum Gasteiger partial charge on any atom is 0.225 e. The van der Waals surface area contributed by atoms with E-state index < -0.39 is 17.2 Å². The SMILES string of the molecule is CCc1c(-c2ccncc2)n[nH]c1NC(=O)CCc1cc(F)c(C#N)c(F)c1. The highest BCUT2D eigenvalue weighted by molar-refractivity contribution is 5.91. The number of benzene rings is 1.